The highest BCUT2D eigenvalue weighted by atomic mass is 35.5. The Kier molecular flexibility index (Phi) is 6.69. The summed E-state index contributed by atoms with van der Waals surface area (Å²) in [6.07, 6.45) is 3.41. The summed E-state index contributed by atoms with van der Waals surface area (Å²) in [5.74, 6) is 2.06. The van der Waals surface area contributed by atoms with Crippen LogP contribution in [0.1, 0.15) is 17.3 Å². The van der Waals surface area contributed by atoms with Crippen LogP contribution in [0.5, 0.6) is 17.2 Å². The van der Waals surface area contributed by atoms with E-state index in [-0.39, 0.29) is 11.9 Å². The summed E-state index contributed by atoms with van der Waals surface area (Å²) in [4.78, 5) is 25.0. The van der Waals surface area contributed by atoms with E-state index in [0.717, 1.165) is 5.69 Å². The van der Waals surface area contributed by atoms with E-state index in [1.807, 2.05) is 0 Å². The van der Waals surface area contributed by atoms with Crippen molar-refractivity contribution in [2.75, 3.05) is 33.3 Å². The zero-order chi connectivity index (χ0) is 24.2. The zero-order valence-corrected chi connectivity index (χ0v) is 19.7. The van der Waals surface area contributed by atoms with E-state index in [4.69, 9.17) is 30.5 Å². The third-order valence-corrected chi connectivity index (χ3v) is 5.13. The molecule has 2 aromatic carbocycles. The second-order valence-corrected chi connectivity index (χ2v) is 7.31. The number of fused-ring (bicyclic) bond motifs is 1. The van der Waals surface area contributed by atoms with Crippen LogP contribution in [-0.4, -0.2) is 53.4 Å². The second-order valence-electron chi connectivity index (χ2n) is 6.97. The van der Waals surface area contributed by atoms with Crippen LogP contribution in [0.25, 0.3) is 16.6 Å². The number of ether oxygens (including phenoxy) is 4. The lowest BCUT2D eigenvalue weighted by Gasteiger charge is -2.14. The topological polar surface area (TPSA) is 110 Å². The predicted octanol–water partition coefficient (Wildman–Crippen LogP) is 4.42. The van der Waals surface area contributed by atoms with Crippen molar-refractivity contribution in [3.63, 3.8) is 0 Å². The lowest BCUT2D eigenvalue weighted by atomic mass is 10.1. The fourth-order valence-corrected chi connectivity index (χ4v) is 3.58. The summed E-state index contributed by atoms with van der Waals surface area (Å²) in [7, 11) is 4.66. The third kappa shape index (κ3) is 4.53. The number of methoxy groups -OCH3 is 3. The highest BCUT2D eigenvalue weighted by molar-refractivity contribution is 6.28. The Morgan fingerprint density at radius 3 is 2.44 bits per heavy atom. The molecule has 34 heavy (non-hydrogen) atoms. The molecule has 2 aromatic heterocycles. The molecule has 0 aliphatic heterocycles. The number of nitrogens with one attached hydrogen (secondary N) is 1. The predicted molar refractivity (Wildman–Crippen MR) is 127 cm³/mol. The highest BCUT2D eigenvalue weighted by Crippen LogP contribution is 2.39. The average Bonchev–Trinajstić information content (AvgIpc) is 3.31. The van der Waals surface area contributed by atoms with Gasteiger partial charge in [0.2, 0.25) is 11.0 Å². The molecule has 1 N–H and O–H groups in total. The monoisotopic (exact) mass is 483 g/mol. The number of hydrogen-bond donors (Lipinski definition) is 1. The maximum atomic E-state index is 12.1. The van der Waals surface area contributed by atoms with Gasteiger partial charge in [-0.15, -0.1) is 0 Å². The van der Waals surface area contributed by atoms with Crippen LogP contribution in [0.2, 0.25) is 5.28 Å². The number of carbonyl (C=O) groups is 1. The third-order valence-electron chi connectivity index (χ3n) is 4.96. The van der Waals surface area contributed by atoms with E-state index in [9.17, 15) is 4.79 Å². The molecule has 176 valence electrons. The number of hydrogen-bond acceptors (Lipinski definition) is 9. The van der Waals surface area contributed by atoms with Gasteiger partial charge in [0.05, 0.1) is 50.9 Å². The van der Waals surface area contributed by atoms with Crippen LogP contribution in [0, 0.1) is 0 Å². The number of aromatic nitrogens is 4. The first kappa shape index (κ1) is 23.1. The standard InChI is InChI=1S/C23H22ClN5O5/c1-5-34-22(30)13-6-7-15-16(8-13)26-23(24)28-21(15)27-19-11-29(12-25-19)14-9-17(31-2)20(33-4)18(10-14)32-3/h6-12H,5H2,1-4H3,(H,26,27,28). The molecule has 0 radical (unpaired) electrons. The fraction of sp³-hybridized carbons (Fsp3) is 0.217. The molecule has 0 bridgehead atoms. The van der Waals surface area contributed by atoms with Crippen molar-refractivity contribution in [2.45, 2.75) is 6.92 Å². The van der Waals surface area contributed by atoms with Crippen molar-refractivity contribution in [3.8, 4) is 22.9 Å². The van der Waals surface area contributed by atoms with Crippen molar-refractivity contribution < 1.29 is 23.7 Å². The summed E-state index contributed by atoms with van der Waals surface area (Å²) in [5.41, 5.74) is 1.62. The Balaban J connectivity index is 1.67. The molecule has 10 nitrogen and oxygen atoms in total. The number of halogens is 1. The smallest absolute Gasteiger partial charge is 0.338 e. The minimum Gasteiger partial charge on any atom is -0.493 e. The van der Waals surface area contributed by atoms with E-state index in [1.54, 1.807) is 75.7 Å². The van der Waals surface area contributed by atoms with Crippen LogP contribution in [-0.2, 0) is 4.74 Å². The first-order chi connectivity index (χ1) is 16.5. The average molecular weight is 484 g/mol. The van der Waals surface area contributed by atoms with E-state index in [2.05, 4.69) is 20.3 Å². The Labute approximate surface area is 200 Å². The molecule has 4 rings (SSSR count). The molecule has 0 aliphatic rings. The van der Waals surface area contributed by atoms with Gasteiger partial charge in [-0.3, -0.25) is 0 Å². The first-order valence-electron chi connectivity index (χ1n) is 10.2. The number of rotatable bonds is 8. The molecule has 11 heteroatoms. The highest BCUT2D eigenvalue weighted by Gasteiger charge is 2.16. The van der Waals surface area contributed by atoms with E-state index in [1.165, 1.54) is 0 Å². The van der Waals surface area contributed by atoms with Gasteiger partial charge in [0.25, 0.3) is 0 Å². The molecular formula is C23H22ClN5O5. The van der Waals surface area contributed by atoms with Gasteiger partial charge >= 0.3 is 5.97 Å². The minimum absolute atomic E-state index is 0.0278. The normalized spacial score (nSPS) is 10.7. The number of anilines is 2. The van der Waals surface area contributed by atoms with Gasteiger partial charge in [-0.1, -0.05) is 0 Å². The molecule has 0 amide bonds. The van der Waals surface area contributed by atoms with Crippen LogP contribution >= 0.6 is 11.6 Å². The lowest BCUT2D eigenvalue weighted by Crippen LogP contribution is -2.05. The van der Waals surface area contributed by atoms with Crippen LogP contribution in [0.15, 0.2) is 42.9 Å². The Bertz CT molecular complexity index is 1330. The molecule has 0 fully saturated rings. The fourth-order valence-electron chi connectivity index (χ4n) is 3.40. The van der Waals surface area contributed by atoms with Crippen molar-refractivity contribution >= 4 is 40.1 Å². The first-order valence-corrected chi connectivity index (χ1v) is 10.6. The second kappa shape index (κ2) is 9.84. The molecule has 0 spiro atoms. The SMILES string of the molecule is CCOC(=O)c1ccc2c(Nc3cn(-c4cc(OC)c(OC)c(OC)c4)cn3)nc(Cl)nc2c1. The largest absolute Gasteiger partial charge is 0.493 e. The van der Waals surface area contributed by atoms with E-state index < -0.39 is 5.97 Å². The summed E-state index contributed by atoms with van der Waals surface area (Å²) in [6.45, 7) is 2.03. The summed E-state index contributed by atoms with van der Waals surface area (Å²) in [6, 6.07) is 8.61. The zero-order valence-electron chi connectivity index (χ0n) is 19.0. The van der Waals surface area contributed by atoms with Gasteiger partial charge in [0.15, 0.2) is 11.5 Å². The molecule has 2 heterocycles. The molecule has 0 saturated heterocycles. The van der Waals surface area contributed by atoms with Gasteiger partial charge < -0.3 is 28.8 Å². The molecule has 0 atom stereocenters. The van der Waals surface area contributed by atoms with Gasteiger partial charge in [-0.25, -0.2) is 14.8 Å². The number of nitrogens with zero attached hydrogens (tertiary/aromatic N) is 4. The maximum absolute atomic E-state index is 12.1. The van der Waals surface area contributed by atoms with Crippen LogP contribution < -0.4 is 19.5 Å². The Hall–Kier alpha value is -4.05. The van der Waals surface area contributed by atoms with Gasteiger partial charge in [0, 0.05) is 17.5 Å². The Morgan fingerprint density at radius 1 is 1.06 bits per heavy atom. The molecule has 0 saturated carbocycles. The quantitative estimate of drug-likeness (QED) is 0.287. The maximum Gasteiger partial charge on any atom is 0.338 e. The molecule has 0 aliphatic carbocycles. The number of benzene rings is 2. The van der Waals surface area contributed by atoms with Crippen molar-refractivity contribution in [1.29, 1.82) is 0 Å². The summed E-state index contributed by atoms with van der Waals surface area (Å²) >= 11 is 6.14. The number of imidazole rings is 1. The van der Waals surface area contributed by atoms with Crippen LogP contribution in [0.3, 0.4) is 0 Å². The van der Waals surface area contributed by atoms with Crippen LogP contribution in [0.4, 0.5) is 11.6 Å². The molecule has 0 unspecified atom stereocenters. The van der Waals surface area contributed by atoms with Gasteiger partial charge in [-0.05, 0) is 36.7 Å². The lowest BCUT2D eigenvalue weighted by molar-refractivity contribution is 0.0526. The van der Waals surface area contributed by atoms with Gasteiger partial charge in [0.1, 0.15) is 18.0 Å². The van der Waals surface area contributed by atoms with E-state index >= 15 is 0 Å². The number of esters is 1. The minimum atomic E-state index is -0.433. The van der Waals surface area contributed by atoms with Crippen molar-refractivity contribution in [2.24, 2.45) is 0 Å². The number of carbonyl (C=O) groups excluding carboxylic acids is 1. The van der Waals surface area contributed by atoms with E-state index in [0.29, 0.717) is 45.4 Å². The summed E-state index contributed by atoms with van der Waals surface area (Å²) in [5, 5.41) is 3.85. The van der Waals surface area contributed by atoms with Crippen molar-refractivity contribution in [3.05, 3.63) is 53.7 Å². The van der Waals surface area contributed by atoms with Crippen molar-refractivity contribution in [1.82, 2.24) is 19.5 Å². The Morgan fingerprint density at radius 2 is 1.79 bits per heavy atom. The van der Waals surface area contributed by atoms with Gasteiger partial charge in [-0.2, -0.15) is 4.98 Å². The summed E-state index contributed by atoms with van der Waals surface area (Å²) < 4.78 is 23.1. The molecular weight excluding hydrogens is 462 g/mol. The molecule has 4 aromatic rings.